The summed E-state index contributed by atoms with van der Waals surface area (Å²) in [5.74, 6) is -4.21. The molecule has 7 nitrogen and oxygen atoms in total. The van der Waals surface area contributed by atoms with E-state index in [-0.39, 0.29) is 30.0 Å². The number of allylic oxidation sites excluding steroid dienone is 4. The number of ketones is 2. The molecule has 3 fully saturated rings. The van der Waals surface area contributed by atoms with E-state index < -0.39 is 59.0 Å². The molecule has 38 heavy (non-hydrogen) atoms. The van der Waals surface area contributed by atoms with Crippen molar-refractivity contribution < 1.29 is 46.6 Å². The standard InChI is InChI=1S/C27H33F3O7S/c1-15(31)35-13-21(33)26(36-14-38-4)10-8-19-18-6-5-16-11-17(32)7-9-24(16,2)22(18)20(12-25(19,26)3)37-23(34)27(28,29)30/h7,9,11,18-20,22H,5-6,8,10,12-14H2,1-4H3/t18-,19-,20?,22+,24-,25-,26-/m0/s1. The number of rotatable bonds is 7. The summed E-state index contributed by atoms with van der Waals surface area (Å²) in [5.41, 5.74) is -2.36. The molecule has 0 amide bonds. The van der Waals surface area contributed by atoms with Crippen LogP contribution < -0.4 is 0 Å². The molecular weight excluding hydrogens is 525 g/mol. The molecule has 0 aromatic rings. The minimum Gasteiger partial charge on any atom is -0.458 e. The average molecular weight is 559 g/mol. The van der Waals surface area contributed by atoms with Gasteiger partial charge < -0.3 is 14.2 Å². The zero-order chi connectivity index (χ0) is 28.1. The first-order chi connectivity index (χ1) is 17.7. The van der Waals surface area contributed by atoms with Crippen molar-refractivity contribution >= 4 is 35.3 Å². The highest BCUT2D eigenvalue weighted by molar-refractivity contribution is 7.98. The van der Waals surface area contributed by atoms with Crippen molar-refractivity contribution in [3.8, 4) is 0 Å². The number of halogens is 3. The van der Waals surface area contributed by atoms with E-state index in [2.05, 4.69) is 0 Å². The van der Waals surface area contributed by atoms with Crippen LogP contribution in [0.3, 0.4) is 0 Å². The summed E-state index contributed by atoms with van der Waals surface area (Å²) in [7, 11) is 0. The lowest BCUT2D eigenvalue weighted by atomic mass is 9.46. The quantitative estimate of drug-likeness (QED) is 0.331. The van der Waals surface area contributed by atoms with E-state index >= 15 is 0 Å². The number of esters is 2. The summed E-state index contributed by atoms with van der Waals surface area (Å²) in [6, 6.07) is 0. The van der Waals surface area contributed by atoms with Gasteiger partial charge in [-0.1, -0.05) is 25.5 Å². The van der Waals surface area contributed by atoms with Crippen LogP contribution in [0.25, 0.3) is 0 Å². The van der Waals surface area contributed by atoms with Gasteiger partial charge in [0.2, 0.25) is 5.78 Å². The Bertz CT molecular complexity index is 1090. The van der Waals surface area contributed by atoms with Gasteiger partial charge in [0.1, 0.15) is 11.7 Å². The molecule has 7 atom stereocenters. The van der Waals surface area contributed by atoms with Crippen LogP contribution in [0, 0.1) is 28.6 Å². The van der Waals surface area contributed by atoms with Gasteiger partial charge >= 0.3 is 18.1 Å². The zero-order valence-corrected chi connectivity index (χ0v) is 22.7. The lowest BCUT2D eigenvalue weighted by Gasteiger charge is -2.60. The molecule has 0 heterocycles. The van der Waals surface area contributed by atoms with Gasteiger partial charge in [-0.25, -0.2) is 4.79 Å². The number of thioether (sulfide) groups is 1. The Morgan fingerprint density at radius 2 is 1.89 bits per heavy atom. The van der Waals surface area contributed by atoms with E-state index in [0.717, 1.165) is 5.57 Å². The molecule has 0 spiro atoms. The fourth-order valence-electron chi connectivity index (χ4n) is 7.81. The van der Waals surface area contributed by atoms with Gasteiger partial charge in [-0.05, 0) is 62.3 Å². The average Bonchev–Trinajstić information content (AvgIpc) is 3.13. The molecule has 11 heteroatoms. The smallest absolute Gasteiger partial charge is 0.458 e. The molecule has 1 unspecified atom stereocenters. The van der Waals surface area contributed by atoms with Gasteiger partial charge in [0.05, 0.1) is 5.94 Å². The Morgan fingerprint density at radius 1 is 1.18 bits per heavy atom. The van der Waals surface area contributed by atoms with Crippen molar-refractivity contribution in [1.29, 1.82) is 0 Å². The molecule has 3 saturated carbocycles. The Labute approximate surface area is 223 Å². The normalized spacial score (nSPS) is 38.0. The monoisotopic (exact) mass is 558 g/mol. The van der Waals surface area contributed by atoms with Gasteiger partial charge in [-0.15, -0.1) is 11.8 Å². The van der Waals surface area contributed by atoms with Gasteiger partial charge in [0.25, 0.3) is 0 Å². The van der Waals surface area contributed by atoms with E-state index in [1.54, 1.807) is 12.3 Å². The first-order valence-electron chi connectivity index (χ1n) is 12.7. The highest BCUT2D eigenvalue weighted by Gasteiger charge is 2.70. The summed E-state index contributed by atoms with van der Waals surface area (Å²) < 4.78 is 56.8. The molecule has 0 radical (unpaired) electrons. The highest BCUT2D eigenvalue weighted by atomic mass is 32.2. The first-order valence-corrected chi connectivity index (χ1v) is 14.1. The van der Waals surface area contributed by atoms with Crippen LogP contribution in [0.4, 0.5) is 13.2 Å². The van der Waals surface area contributed by atoms with Crippen LogP contribution in [0.5, 0.6) is 0 Å². The van der Waals surface area contributed by atoms with Crippen LogP contribution in [-0.4, -0.2) is 60.2 Å². The highest BCUT2D eigenvalue weighted by Crippen LogP contribution is 2.68. The van der Waals surface area contributed by atoms with Crippen molar-refractivity contribution in [2.75, 3.05) is 18.8 Å². The van der Waals surface area contributed by atoms with Gasteiger partial charge in [0.15, 0.2) is 12.4 Å². The van der Waals surface area contributed by atoms with Crippen molar-refractivity contribution in [1.82, 2.24) is 0 Å². The van der Waals surface area contributed by atoms with Crippen molar-refractivity contribution in [3.05, 3.63) is 23.8 Å². The maximum Gasteiger partial charge on any atom is 0.490 e. The van der Waals surface area contributed by atoms with E-state index in [1.807, 2.05) is 13.8 Å². The minimum absolute atomic E-state index is 0.0362. The largest absolute Gasteiger partial charge is 0.490 e. The SMILES string of the molecule is CSCO[C@]1(C(=O)COC(C)=O)CC[C@H]2[C@@H]3CCC4=CC(=O)C=C[C@]4(C)[C@H]3C(OC(=O)C(F)(F)F)C[C@@]21C. The number of alkyl halides is 3. The van der Waals surface area contributed by atoms with Crippen LogP contribution >= 0.6 is 11.8 Å². The molecule has 0 aliphatic heterocycles. The van der Waals surface area contributed by atoms with Crippen molar-refractivity contribution in [3.63, 3.8) is 0 Å². The van der Waals surface area contributed by atoms with E-state index in [1.165, 1.54) is 30.8 Å². The Hall–Kier alpha value is -2.14. The van der Waals surface area contributed by atoms with Crippen molar-refractivity contribution in [2.24, 2.45) is 28.6 Å². The molecular formula is C27H33F3O7S. The molecule has 4 rings (SSSR count). The zero-order valence-electron chi connectivity index (χ0n) is 21.9. The number of carbonyl (C=O) groups excluding carboxylic acids is 4. The third-order valence-electron chi connectivity index (χ3n) is 9.36. The third-order valence-corrected chi connectivity index (χ3v) is 9.72. The van der Waals surface area contributed by atoms with Gasteiger partial charge in [0, 0.05) is 23.7 Å². The molecule has 0 aromatic heterocycles. The van der Waals surface area contributed by atoms with E-state index in [4.69, 9.17) is 14.2 Å². The maximum atomic E-state index is 13.7. The predicted molar refractivity (Wildman–Crippen MR) is 132 cm³/mol. The summed E-state index contributed by atoms with van der Waals surface area (Å²) in [4.78, 5) is 49.4. The molecule has 210 valence electrons. The van der Waals surface area contributed by atoms with Crippen LogP contribution in [0.15, 0.2) is 23.8 Å². The third kappa shape index (κ3) is 4.63. The first kappa shape index (κ1) is 28.9. The summed E-state index contributed by atoms with van der Waals surface area (Å²) in [6.07, 6.45) is 2.12. The summed E-state index contributed by atoms with van der Waals surface area (Å²) in [5, 5.41) is 0. The van der Waals surface area contributed by atoms with Crippen LogP contribution in [-0.2, 0) is 33.4 Å². The molecule has 4 aliphatic rings. The number of ether oxygens (including phenoxy) is 3. The molecule has 0 aromatic carbocycles. The second-order valence-corrected chi connectivity index (χ2v) is 12.0. The Morgan fingerprint density at radius 3 is 2.53 bits per heavy atom. The minimum atomic E-state index is -5.19. The van der Waals surface area contributed by atoms with E-state index in [0.29, 0.717) is 25.7 Å². The van der Waals surface area contributed by atoms with Gasteiger partial charge in [-0.2, -0.15) is 13.2 Å². The lowest BCUT2D eigenvalue weighted by molar-refractivity contribution is -0.226. The summed E-state index contributed by atoms with van der Waals surface area (Å²) >= 11 is 1.35. The summed E-state index contributed by atoms with van der Waals surface area (Å²) in [6.45, 7) is 4.39. The molecule has 0 bridgehead atoms. The number of hydrogen-bond donors (Lipinski definition) is 0. The van der Waals surface area contributed by atoms with Gasteiger partial charge in [-0.3, -0.25) is 14.4 Å². The number of carbonyl (C=O) groups is 4. The van der Waals surface area contributed by atoms with Crippen LogP contribution in [0.1, 0.15) is 52.9 Å². The Kier molecular flexibility index (Phi) is 7.68. The maximum absolute atomic E-state index is 13.7. The second-order valence-electron chi connectivity index (χ2n) is 11.2. The van der Waals surface area contributed by atoms with E-state index in [9.17, 15) is 32.3 Å². The Balaban J connectivity index is 1.80. The lowest BCUT2D eigenvalue weighted by Crippen LogP contribution is -2.63. The molecule has 0 N–H and O–H groups in total. The topological polar surface area (TPSA) is 96.0 Å². The van der Waals surface area contributed by atoms with Crippen LogP contribution in [0.2, 0.25) is 0 Å². The fraction of sp³-hybridized carbons (Fsp3) is 0.704. The number of fused-ring (bicyclic) bond motifs is 5. The van der Waals surface area contributed by atoms with Crippen molar-refractivity contribution in [2.45, 2.75) is 70.8 Å². The molecule has 4 aliphatic carbocycles. The predicted octanol–water partition coefficient (Wildman–Crippen LogP) is 4.59. The number of Topliss-reactive ketones (excluding diaryl/α,β-unsaturated/α-hetero) is 1. The fourth-order valence-corrected chi connectivity index (χ4v) is 8.13. The molecule has 0 saturated heterocycles. The second kappa shape index (κ2) is 10.1. The number of hydrogen-bond acceptors (Lipinski definition) is 8.